The maximum absolute atomic E-state index is 11.9. The van der Waals surface area contributed by atoms with E-state index >= 15 is 0 Å². The molecule has 0 bridgehead atoms. The second-order valence-electron chi connectivity index (χ2n) is 6.12. The van der Waals surface area contributed by atoms with Crippen molar-refractivity contribution >= 4 is 16.9 Å². The molecule has 0 unspecified atom stereocenters. The molecular formula is C22H24O4. The van der Waals surface area contributed by atoms with E-state index in [1.807, 2.05) is 62.4 Å². The predicted molar refractivity (Wildman–Crippen MR) is 104 cm³/mol. The molecule has 0 amide bonds. The minimum atomic E-state index is -0.677. The van der Waals surface area contributed by atoms with Crippen molar-refractivity contribution in [1.82, 2.24) is 0 Å². The van der Waals surface area contributed by atoms with Crippen molar-refractivity contribution in [2.45, 2.75) is 33.1 Å². The predicted octanol–water partition coefficient (Wildman–Crippen LogP) is 5.36. The number of para-hydroxylation sites is 1. The molecule has 0 aliphatic heterocycles. The van der Waals surface area contributed by atoms with E-state index < -0.39 is 5.97 Å². The second kappa shape index (κ2) is 9.56. The van der Waals surface area contributed by atoms with Crippen LogP contribution in [0.25, 0.3) is 22.3 Å². The number of aliphatic carboxylic acids is 1. The van der Waals surface area contributed by atoms with Crippen LogP contribution in [-0.4, -0.2) is 11.1 Å². The van der Waals surface area contributed by atoms with Crippen molar-refractivity contribution < 1.29 is 14.3 Å². The van der Waals surface area contributed by atoms with Crippen molar-refractivity contribution in [3.63, 3.8) is 0 Å². The zero-order valence-electron chi connectivity index (χ0n) is 15.1. The molecule has 136 valence electrons. The number of fused-ring (bicyclic) bond motifs is 1. The van der Waals surface area contributed by atoms with E-state index in [0.717, 1.165) is 18.4 Å². The van der Waals surface area contributed by atoms with E-state index in [1.165, 1.54) is 6.07 Å². The fraction of sp³-hybridized carbons (Fsp3) is 0.273. The summed E-state index contributed by atoms with van der Waals surface area (Å²) in [5, 5.41) is 8.96. The summed E-state index contributed by atoms with van der Waals surface area (Å²) in [6.07, 6.45) is 2.28. The molecule has 2 aromatic carbocycles. The summed E-state index contributed by atoms with van der Waals surface area (Å²) in [5.41, 5.74) is 1.53. The Morgan fingerprint density at radius 1 is 1.00 bits per heavy atom. The highest BCUT2D eigenvalue weighted by Crippen LogP contribution is 2.21. The van der Waals surface area contributed by atoms with Crippen LogP contribution in [0.5, 0.6) is 0 Å². The molecular weight excluding hydrogens is 328 g/mol. The Kier molecular flexibility index (Phi) is 7.15. The molecule has 0 radical (unpaired) electrons. The van der Waals surface area contributed by atoms with Crippen LogP contribution in [0.4, 0.5) is 0 Å². The van der Waals surface area contributed by atoms with Crippen molar-refractivity contribution in [1.29, 1.82) is 0 Å². The fourth-order valence-corrected chi connectivity index (χ4v) is 2.67. The molecule has 4 heteroatoms. The lowest BCUT2D eigenvalue weighted by atomic mass is 10.00. The van der Waals surface area contributed by atoms with Gasteiger partial charge in [0.05, 0.1) is 5.39 Å². The van der Waals surface area contributed by atoms with Crippen molar-refractivity contribution in [3.05, 3.63) is 70.9 Å². The average molecular weight is 352 g/mol. The molecule has 0 atom stereocenters. The lowest BCUT2D eigenvalue weighted by molar-refractivity contribution is -0.138. The van der Waals surface area contributed by atoms with Gasteiger partial charge in [0, 0.05) is 18.1 Å². The van der Waals surface area contributed by atoms with Gasteiger partial charge in [-0.15, -0.1) is 0 Å². The Bertz CT molecular complexity index is 893. The van der Waals surface area contributed by atoms with Crippen molar-refractivity contribution in [2.24, 2.45) is 5.92 Å². The Morgan fingerprint density at radius 3 is 2.19 bits per heavy atom. The summed E-state index contributed by atoms with van der Waals surface area (Å²) in [4.78, 5) is 22.0. The van der Waals surface area contributed by atoms with Crippen molar-refractivity contribution in [2.75, 3.05) is 0 Å². The quantitative estimate of drug-likeness (QED) is 0.671. The molecule has 3 aromatic rings. The molecule has 4 nitrogen and oxygen atoms in total. The first kappa shape index (κ1) is 19.4. The number of hydrogen-bond donors (Lipinski definition) is 1. The number of rotatable bonds is 5. The normalized spacial score (nSPS) is 10.4. The highest BCUT2D eigenvalue weighted by atomic mass is 16.4. The summed E-state index contributed by atoms with van der Waals surface area (Å²) < 4.78 is 5.73. The molecule has 3 rings (SSSR count). The molecule has 0 saturated carbocycles. The molecule has 1 aromatic heterocycles. The molecule has 0 saturated heterocycles. The van der Waals surface area contributed by atoms with Gasteiger partial charge in [0.1, 0.15) is 11.3 Å². The zero-order valence-corrected chi connectivity index (χ0v) is 15.1. The standard InChI is InChI=1S/C15H10O2.C7H14O2/c16-13-10-15(11-6-2-1-3-7-11)17-14-9-5-4-8-12(13)14;1-3-6(4-2)5-7(8)9/h1-10H;6H,3-5H2,1-2H3,(H,8,9). The van der Waals surface area contributed by atoms with Gasteiger partial charge in [-0.1, -0.05) is 69.2 Å². The van der Waals surface area contributed by atoms with Gasteiger partial charge < -0.3 is 9.52 Å². The fourth-order valence-electron chi connectivity index (χ4n) is 2.67. The highest BCUT2D eigenvalue weighted by Gasteiger charge is 2.07. The third kappa shape index (κ3) is 5.31. The average Bonchev–Trinajstić information content (AvgIpc) is 2.67. The topological polar surface area (TPSA) is 67.5 Å². The number of hydrogen-bond acceptors (Lipinski definition) is 3. The molecule has 0 spiro atoms. The smallest absolute Gasteiger partial charge is 0.303 e. The van der Waals surface area contributed by atoms with Gasteiger partial charge >= 0.3 is 5.97 Å². The van der Waals surface area contributed by atoms with Gasteiger partial charge in [0.15, 0.2) is 5.43 Å². The van der Waals surface area contributed by atoms with Gasteiger partial charge in [-0.05, 0) is 18.1 Å². The minimum Gasteiger partial charge on any atom is -0.481 e. The van der Waals surface area contributed by atoms with Crippen LogP contribution < -0.4 is 5.43 Å². The van der Waals surface area contributed by atoms with E-state index in [1.54, 1.807) is 6.07 Å². The van der Waals surface area contributed by atoms with E-state index in [0.29, 0.717) is 29.1 Å². The molecule has 0 aliphatic carbocycles. The summed E-state index contributed by atoms with van der Waals surface area (Å²) in [7, 11) is 0. The van der Waals surface area contributed by atoms with E-state index in [2.05, 4.69) is 0 Å². The maximum atomic E-state index is 11.9. The summed E-state index contributed by atoms with van der Waals surface area (Å²) in [5.74, 6) is 0.306. The second-order valence-corrected chi connectivity index (χ2v) is 6.12. The largest absolute Gasteiger partial charge is 0.481 e. The Balaban J connectivity index is 0.000000232. The van der Waals surface area contributed by atoms with Crippen LogP contribution in [0, 0.1) is 5.92 Å². The van der Waals surface area contributed by atoms with Crippen LogP contribution in [0.2, 0.25) is 0 Å². The van der Waals surface area contributed by atoms with Gasteiger partial charge in [0.2, 0.25) is 0 Å². The summed E-state index contributed by atoms with van der Waals surface area (Å²) in [6, 6.07) is 18.4. The number of carboxylic acids is 1. The molecule has 0 aliphatic rings. The highest BCUT2D eigenvalue weighted by molar-refractivity contribution is 5.78. The van der Waals surface area contributed by atoms with Crippen LogP contribution in [-0.2, 0) is 4.79 Å². The van der Waals surface area contributed by atoms with Crippen molar-refractivity contribution in [3.8, 4) is 11.3 Å². The Hall–Kier alpha value is -2.88. The third-order valence-corrected chi connectivity index (χ3v) is 4.31. The lowest BCUT2D eigenvalue weighted by Crippen LogP contribution is -2.05. The van der Waals surface area contributed by atoms with Gasteiger partial charge in [-0.3, -0.25) is 9.59 Å². The Labute approximate surface area is 153 Å². The maximum Gasteiger partial charge on any atom is 0.303 e. The van der Waals surface area contributed by atoms with Gasteiger partial charge in [-0.25, -0.2) is 0 Å². The molecule has 1 N–H and O–H groups in total. The summed E-state index contributed by atoms with van der Waals surface area (Å²) in [6.45, 7) is 4.05. The summed E-state index contributed by atoms with van der Waals surface area (Å²) >= 11 is 0. The SMILES string of the molecule is CCC(CC)CC(=O)O.O=c1cc(-c2ccccc2)oc2ccccc12. The first-order chi connectivity index (χ1) is 12.5. The molecule has 26 heavy (non-hydrogen) atoms. The molecule has 0 fully saturated rings. The van der Waals surface area contributed by atoms with E-state index in [9.17, 15) is 9.59 Å². The lowest BCUT2D eigenvalue weighted by Gasteiger charge is -2.06. The van der Waals surface area contributed by atoms with E-state index in [-0.39, 0.29) is 5.43 Å². The molecule has 1 heterocycles. The number of carboxylic acid groups (broad SMARTS) is 1. The van der Waals surface area contributed by atoms with E-state index in [4.69, 9.17) is 9.52 Å². The third-order valence-electron chi connectivity index (χ3n) is 4.31. The zero-order chi connectivity index (χ0) is 18.9. The van der Waals surface area contributed by atoms with Crippen LogP contribution in [0.15, 0.2) is 69.9 Å². The first-order valence-corrected chi connectivity index (χ1v) is 8.85. The van der Waals surface area contributed by atoms with Crippen LogP contribution >= 0.6 is 0 Å². The van der Waals surface area contributed by atoms with Crippen LogP contribution in [0.1, 0.15) is 33.1 Å². The number of carbonyl (C=O) groups is 1. The van der Waals surface area contributed by atoms with Gasteiger partial charge in [-0.2, -0.15) is 0 Å². The Morgan fingerprint density at radius 2 is 1.62 bits per heavy atom. The number of benzene rings is 2. The van der Waals surface area contributed by atoms with Crippen LogP contribution in [0.3, 0.4) is 0 Å². The first-order valence-electron chi connectivity index (χ1n) is 8.85. The minimum absolute atomic E-state index is 0.00861. The monoisotopic (exact) mass is 352 g/mol. The van der Waals surface area contributed by atoms with Gasteiger partial charge in [0.25, 0.3) is 0 Å².